The highest BCUT2D eigenvalue weighted by Crippen LogP contribution is 2.28. The number of nitrogens with zero attached hydrogens (tertiary/aromatic N) is 3. The van der Waals surface area contributed by atoms with Crippen LogP contribution in [0.1, 0.15) is 32.1 Å². The van der Waals surface area contributed by atoms with Crippen LogP contribution < -0.4 is 5.32 Å². The Labute approximate surface area is 173 Å². The molecule has 0 spiro atoms. The molecule has 0 radical (unpaired) electrons. The molecule has 0 bridgehead atoms. The number of anilines is 1. The maximum atomic E-state index is 14.5. The van der Waals surface area contributed by atoms with Crippen LogP contribution in [0.2, 0.25) is 0 Å². The second kappa shape index (κ2) is 8.22. The number of halogens is 2. The third-order valence-corrected chi connectivity index (χ3v) is 7.13. The topological polar surface area (TPSA) is 84.8 Å². The van der Waals surface area contributed by atoms with Crippen LogP contribution in [0.25, 0.3) is 22.2 Å². The van der Waals surface area contributed by atoms with E-state index >= 15 is 0 Å². The van der Waals surface area contributed by atoms with Gasteiger partial charge in [-0.25, -0.2) is 27.2 Å². The summed E-state index contributed by atoms with van der Waals surface area (Å²) >= 11 is 0. The first-order valence-electron chi connectivity index (χ1n) is 9.84. The summed E-state index contributed by atoms with van der Waals surface area (Å²) in [6.07, 6.45) is 7.39. The minimum atomic E-state index is -3.15. The van der Waals surface area contributed by atoms with Crippen LogP contribution >= 0.6 is 0 Å². The van der Waals surface area contributed by atoms with Crippen molar-refractivity contribution in [2.75, 3.05) is 11.6 Å². The molecule has 2 aromatic heterocycles. The van der Waals surface area contributed by atoms with Crippen LogP contribution in [0.3, 0.4) is 0 Å². The van der Waals surface area contributed by atoms with Gasteiger partial charge in [0.25, 0.3) is 0 Å². The Morgan fingerprint density at radius 1 is 1.10 bits per heavy atom. The Hall–Kier alpha value is -2.68. The molecule has 1 aliphatic rings. The normalized spacial score (nSPS) is 20.1. The monoisotopic (exact) mass is 432 g/mol. The maximum absolute atomic E-state index is 14.5. The molecule has 4 rings (SSSR count). The van der Waals surface area contributed by atoms with E-state index in [0.717, 1.165) is 25.5 Å². The SMILES string of the molecule is CS(=O)(=O)C1CCCCC(Nc2ncc(F)c(-c3cc(F)c4ncccc4c3)n2)C1. The molecule has 2 atom stereocenters. The number of aromatic nitrogens is 3. The van der Waals surface area contributed by atoms with E-state index in [1.54, 1.807) is 18.2 Å². The van der Waals surface area contributed by atoms with Crippen molar-refractivity contribution in [3.8, 4) is 11.3 Å². The van der Waals surface area contributed by atoms with Gasteiger partial charge in [0, 0.05) is 29.4 Å². The molecule has 30 heavy (non-hydrogen) atoms. The van der Waals surface area contributed by atoms with Gasteiger partial charge in [0.05, 0.1) is 11.4 Å². The van der Waals surface area contributed by atoms with E-state index in [2.05, 4.69) is 20.3 Å². The average Bonchev–Trinajstić information content (AvgIpc) is 2.95. The predicted octanol–water partition coefficient (Wildman–Crippen LogP) is 4.13. The van der Waals surface area contributed by atoms with Crippen molar-refractivity contribution in [2.24, 2.45) is 0 Å². The maximum Gasteiger partial charge on any atom is 0.223 e. The van der Waals surface area contributed by atoms with Crippen molar-refractivity contribution in [2.45, 2.75) is 43.4 Å². The number of nitrogens with one attached hydrogen (secondary N) is 1. The van der Waals surface area contributed by atoms with Crippen molar-refractivity contribution in [3.05, 3.63) is 48.3 Å². The summed E-state index contributed by atoms with van der Waals surface area (Å²) in [6, 6.07) is 6.08. The van der Waals surface area contributed by atoms with Crippen molar-refractivity contribution < 1.29 is 17.2 Å². The number of hydrogen-bond donors (Lipinski definition) is 1. The molecule has 6 nitrogen and oxygen atoms in total. The Morgan fingerprint density at radius 2 is 1.90 bits per heavy atom. The number of sulfone groups is 1. The van der Waals surface area contributed by atoms with Gasteiger partial charge in [-0.1, -0.05) is 18.9 Å². The summed E-state index contributed by atoms with van der Waals surface area (Å²) in [5, 5.41) is 3.28. The van der Waals surface area contributed by atoms with E-state index in [0.29, 0.717) is 18.2 Å². The number of rotatable bonds is 4. The van der Waals surface area contributed by atoms with E-state index in [1.807, 2.05) is 0 Å². The predicted molar refractivity (Wildman–Crippen MR) is 112 cm³/mol. The number of benzene rings is 1. The van der Waals surface area contributed by atoms with E-state index in [9.17, 15) is 17.2 Å². The molecule has 158 valence electrons. The zero-order valence-corrected chi connectivity index (χ0v) is 17.3. The van der Waals surface area contributed by atoms with Crippen LogP contribution in [0.4, 0.5) is 14.7 Å². The molecule has 9 heteroatoms. The highest BCUT2D eigenvalue weighted by Gasteiger charge is 2.27. The summed E-state index contributed by atoms with van der Waals surface area (Å²) in [7, 11) is -3.15. The quantitative estimate of drug-likeness (QED) is 0.624. The molecule has 1 aliphatic carbocycles. The molecule has 1 aromatic carbocycles. The van der Waals surface area contributed by atoms with Crippen molar-refractivity contribution in [1.82, 2.24) is 15.0 Å². The minimum Gasteiger partial charge on any atom is -0.351 e. The Morgan fingerprint density at radius 3 is 2.70 bits per heavy atom. The Kier molecular flexibility index (Phi) is 5.64. The lowest BCUT2D eigenvalue weighted by molar-refractivity contribution is 0.558. The van der Waals surface area contributed by atoms with E-state index < -0.39 is 26.7 Å². The molecular weight excluding hydrogens is 410 g/mol. The van der Waals surface area contributed by atoms with Gasteiger partial charge in [0.2, 0.25) is 5.95 Å². The zero-order chi connectivity index (χ0) is 21.3. The molecule has 2 unspecified atom stereocenters. The molecular formula is C21H22F2N4O2S. The number of pyridine rings is 1. The first kappa shape index (κ1) is 20.6. The van der Waals surface area contributed by atoms with Crippen LogP contribution in [0.15, 0.2) is 36.7 Å². The fraction of sp³-hybridized carbons (Fsp3) is 0.381. The lowest BCUT2D eigenvalue weighted by Crippen LogP contribution is -2.29. The second-order valence-electron chi connectivity index (χ2n) is 7.74. The van der Waals surface area contributed by atoms with Crippen LogP contribution in [-0.4, -0.2) is 40.9 Å². The van der Waals surface area contributed by atoms with Gasteiger partial charge < -0.3 is 5.32 Å². The smallest absolute Gasteiger partial charge is 0.223 e. The fourth-order valence-electron chi connectivity index (χ4n) is 3.94. The van der Waals surface area contributed by atoms with Crippen molar-refractivity contribution >= 4 is 26.7 Å². The van der Waals surface area contributed by atoms with Crippen molar-refractivity contribution in [1.29, 1.82) is 0 Å². The molecule has 2 heterocycles. The number of hydrogen-bond acceptors (Lipinski definition) is 6. The molecule has 0 aliphatic heterocycles. The Bertz CT molecular complexity index is 1190. The lowest BCUT2D eigenvalue weighted by Gasteiger charge is -2.20. The summed E-state index contributed by atoms with van der Waals surface area (Å²) in [5.41, 5.74) is 0.468. The second-order valence-corrected chi connectivity index (χ2v) is 10.1. The standard InChI is InChI=1S/C21H22F2N4O2S/c1-30(28,29)16-7-3-2-6-15(11-16)26-21-25-12-18(23)20(27-21)14-9-13-5-4-8-24-19(13)17(22)10-14/h4-5,8-10,12,15-16H,2-3,6-7,11H2,1H3,(H,25,26,27). The number of fused-ring (bicyclic) bond motifs is 1. The minimum absolute atomic E-state index is 0.0227. The van der Waals surface area contributed by atoms with Crippen LogP contribution in [0, 0.1) is 11.6 Å². The summed E-state index contributed by atoms with van der Waals surface area (Å²) in [4.78, 5) is 12.3. The zero-order valence-electron chi connectivity index (χ0n) is 16.5. The third kappa shape index (κ3) is 4.40. The fourth-order valence-corrected chi connectivity index (χ4v) is 5.12. The van der Waals surface area contributed by atoms with Crippen molar-refractivity contribution in [3.63, 3.8) is 0 Å². The largest absolute Gasteiger partial charge is 0.351 e. The van der Waals surface area contributed by atoms with E-state index in [-0.39, 0.29) is 28.8 Å². The Balaban J connectivity index is 1.64. The van der Waals surface area contributed by atoms with Gasteiger partial charge in [-0.3, -0.25) is 4.98 Å². The van der Waals surface area contributed by atoms with E-state index in [4.69, 9.17) is 0 Å². The van der Waals surface area contributed by atoms with Gasteiger partial charge in [0.15, 0.2) is 5.82 Å². The van der Waals surface area contributed by atoms with Crippen LogP contribution in [-0.2, 0) is 9.84 Å². The van der Waals surface area contributed by atoms with Gasteiger partial charge in [0.1, 0.15) is 26.9 Å². The summed E-state index contributed by atoms with van der Waals surface area (Å²) in [6.45, 7) is 0. The van der Waals surface area contributed by atoms with Gasteiger partial charge in [-0.15, -0.1) is 0 Å². The first-order chi connectivity index (χ1) is 14.3. The summed E-state index contributed by atoms with van der Waals surface area (Å²) < 4.78 is 52.9. The molecule has 3 aromatic rings. The van der Waals surface area contributed by atoms with Crippen LogP contribution in [0.5, 0.6) is 0 Å². The highest BCUT2D eigenvalue weighted by atomic mass is 32.2. The van der Waals surface area contributed by atoms with Gasteiger partial charge >= 0.3 is 0 Å². The molecule has 1 fully saturated rings. The van der Waals surface area contributed by atoms with Gasteiger partial charge in [-0.2, -0.15) is 0 Å². The van der Waals surface area contributed by atoms with Gasteiger partial charge in [-0.05, 0) is 37.5 Å². The lowest BCUT2D eigenvalue weighted by atomic mass is 10.1. The molecule has 0 saturated heterocycles. The third-order valence-electron chi connectivity index (χ3n) is 5.49. The first-order valence-corrected chi connectivity index (χ1v) is 11.8. The average molecular weight is 432 g/mol. The molecule has 1 N–H and O–H groups in total. The summed E-state index contributed by atoms with van der Waals surface area (Å²) in [5.74, 6) is -1.04. The molecule has 1 saturated carbocycles. The molecule has 0 amide bonds. The highest BCUT2D eigenvalue weighted by molar-refractivity contribution is 7.91. The van der Waals surface area contributed by atoms with E-state index in [1.165, 1.54) is 18.5 Å².